The van der Waals surface area contributed by atoms with Crippen LogP contribution in [-0.4, -0.2) is 39.3 Å². The molecule has 2 unspecified atom stereocenters. The van der Waals surface area contributed by atoms with Gasteiger partial charge in [0.15, 0.2) is 6.61 Å². The van der Waals surface area contributed by atoms with Crippen molar-refractivity contribution in [2.24, 2.45) is 0 Å². The molecule has 27 heavy (non-hydrogen) atoms. The van der Waals surface area contributed by atoms with Crippen LogP contribution in [0.2, 0.25) is 0 Å². The van der Waals surface area contributed by atoms with Gasteiger partial charge in [0.1, 0.15) is 11.6 Å². The van der Waals surface area contributed by atoms with Gasteiger partial charge in [0, 0.05) is 32.3 Å². The first-order valence-electron chi connectivity index (χ1n) is 8.96. The van der Waals surface area contributed by atoms with E-state index in [9.17, 15) is 9.18 Å². The topological polar surface area (TPSA) is 59.6 Å². The van der Waals surface area contributed by atoms with Gasteiger partial charge in [-0.15, -0.1) is 0 Å². The van der Waals surface area contributed by atoms with Gasteiger partial charge in [-0.25, -0.2) is 4.39 Å². The SMILES string of the molecule is CNC(=O)COc1ccc(CC(C)NCC(OC)c2ccccc2F)cc1. The first-order chi connectivity index (χ1) is 13.0. The minimum atomic E-state index is -0.339. The number of methoxy groups -OCH3 is 1. The van der Waals surface area contributed by atoms with Gasteiger partial charge in [-0.05, 0) is 37.1 Å². The molecule has 2 atom stereocenters. The number of benzene rings is 2. The minimum Gasteiger partial charge on any atom is -0.484 e. The third kappa shape index (κ3) is 6.66. The van der Waals surface area contributed by atoms with Crippen molar-refractivity contribution < 1.29 is 18.7 Å². The van der Waals surface area contributed by atoms with Crippen molar-refractivity contribution in [2.45, 2.75) is 25.5 Å². The van der Waals surface area contributed by atoms with Crippen molar-refractivity contribution in [3.05, 3.63) is 65.5 Å². The summed E-state index contributed by atoms with van der Waals surface area (Å²) < 4.78 is 24.8. The van der Waals surface area contributed by atoms with E-state index in [4.69, 9.17) is 9.47 Å². The zero-order chi connectivity index (χ0) is 19.6. The van der Waals surface area contributed by atoms with Gasteiger partial charge in [0.05, 0.1) is 6.10 Å². The predicted molar refractivity (Wildman–Crippen MR) is 103 cm³/mol. The Morgan fingerprint density at radius 1 is 1.15 bits per heavy atom. The molecular formula is C21H27FN2O3. The average Bonchev–Trinajstić information content (AvgIpc) is 2.68. The molecule has 146 valence electrons. The molecule has 0 fully saturated rings. The molecule has 0 aliphatic rings. The van der Waals surface area contributed by atoms with E-state index >= 15 is 0 Å². The van der Waals surface area contributed by atoms with Crippen LogP contribution in [0.25, 0.3) is 0 Å². The van der Waals surface area contributed by atoms with Crippen LogP contribution in [0.1, 0.15) is 24.2 Å². The second kappa shape index (κ2) is 10.6. The zero-order valence-electron chi connectivity index (χ0n) is 16.0. The summed E-state index contributed by atoms with van der Waals surface area (Å²) in [6, 6.07) is 14.5. The van der Waals surface area contributed by atoms with Crippen molar-refractivity contribution in [2.75, 3.05) is 27.3 Å². The normalized spacial score (nSPS) is 13.0. The summed E-state index contributed by atoms with van der Waals surface area (Å²) in [5.74, 6) is 0.229. The van der Waals surface area contributed by atoms with Gasteiger partial charge in [-0.1, -0.05) is 30.3 Å². The zero-order valence-corrected chi connectivity index (χ0v) is 16.0. The highest BCUT2D eigenvalue weighted by atomic mass is 19.1. The molecule has 0 spiro atoms. The lowest BCUT2D eigenvalue weighted by Gasteiger charge is -2.20. The van der Waals surface area contributed by atoms with Crippen molar-refractivity contribution >= 4 is 5.91 Å². The summed E-state index contributed by atoms with van der Waals surface area (Å²) in [7, 11) is 3.16. The van der Waals surface area contributed by atoms with Crippen molar-refractivity contribution in [3.8, 4) is 5.75 Å². The maximum atomic E-state index is 13.9. The van der Waals surface area contributed by atoms with Gasteiger partial charge in [0.25, 0.3) is 5.91 Å². The third-order valence-corrected chi connectivity index (χ3v) is 4.30. The van der Waals surface area contributed by atoms with E-state index in [2.05, 4.69) is 17.6 Å². The Morgan fingerprint density at radius 2 is 1.85 bits per heavy atom. The van der Waals surface area contributed by atoms with Gasteiger partial charge >= 0.3 is 0 Å². The first-order valence-corrected chi connectivity index (χ1v) is 8.96. The number of ether oxygens (including phenoxy) is 2. The highest BCUT2D eigenvalue weighted by Gasteiger charge is 2.15. The third-order valence-electron chi connectivity index (χ3n) is 4.30. The molecule has 0 aliphatic carbocycles. The lowest BCUT2D eigenvalue weighted by Crippen LogP contribution is -2.32. The van der Waals surface area contributed by atoms with E-state index in [-0.39, 0.29) is 30.5 Å². The maximum absolute atomic E-state index is 13.9. The van der Waals surface area contributed by atoms with Gasteiger partial charge in [0.2, 0.25) is 0 Å². The number of rotatable bonds is 10. The van der Waals surface area contributed by atoms with Gasteiger partial charge < -0.3 is 20.1 Å². The molecule has 0 saturated heterocycles. The number of nitrogens with one attached hydrogen (secondary N) is 2. The lowest BCUT2D eigenvalue weighted by molar-refractivity contribution is -0.122. The monoisotopic (exact) mass is 374 g/mol. The van der Waals surface area contributed by atoms with E-state index in [0.717, 1.165) is 12.0 Å². The molecule has 5 nitrogen and oxygen atoms in total. The van der Waals surface area contributed by atoms with E-state index in [1.165, 1.54) is 6.07 Å². The lowest BCUT2D eigenvalue weighted by atomic mass is 10.1. The number of carbonyl (C=O) groups is 1. The number of hydrogen-bond acceptors (Lipinski definition) is 4. The molecule has 0 heterocycles. The van der Waals surface area contributed by atoms with Gasteiger partial charge in [-0.3, -0.25) is 4.79 Å². The summed E-state index contributed by atoms with van der Waals surface area (Å²) >= 11 is 0. The Balaban J connectivity index is 1.83. The first kappa shape index (κ1) is 20.9. The van der Waals surface area contributed by atoms with Crippen LogP contribution >= 0.6 is 0 Å². The van der Waals surface area contributed by atoms with Crippen LogP contribution in [0.4, 0.5) is 4.39 Å². The van der Waals surface area contributed by atoms with Crippen LogP contribution in [0.3, 0.4) is 0 Å². The maximum Gasteiger partial charge on any atom is 0.257 e. The molecule has 1 amide bonds. The quantitative estimate of drug-likeness (QED) is 0.671. The molecule has 0 saturated carbocycles. The second-order valence-electron chi connectivity index (χ2n) is 6.37. The van der Waals surface area contributed by atoms with Gasteiger partial charge in [-0.2, -0.15) is 0 Å². The second-order valence-corrected chi connectivity index (χ2v) is 6.37. The fraction of sp³-hybridized carbons (Fsp3) is 0.381. The molecule has 2 rings (SSSR count). The Kier molecular flexibility index (Phi) is 8.23. The number of amides is 1. The standard InChI is InChI=1S/C21H27FN2O3/c1-15(24-13-20(26-3)18-6-4-5-7-19(18)22)12-16-8-10-17(11-9-16)27-14-21(25)23-2/h4-11,15,20,24H,12-14H2,1-3H3,(H,23,25). The van der Waals surface area contributed by atoms with Crippen LogP contribution in [0.5, 0.6) is 5.75 Å². The Bertz CT molecular complexity index is 722. The van der Waals surface area contributed by atoms with Crippen molar-refractivity contribution in [1.29, 1.82) is 0 Å². The average molecular weight is 374 g/mol. The summed E-state index contributed by atoms with van der Waals surface area (Å²) in [6.07, 6.45) is 0.470. The highest BCUT2D eigenvalue weighted by molar-refractivity contribution is 5.77. The summed E-state index contributed by atoms with van der Waals surface area (Å²) in [5, 5.41) is 5.90. The Morgan fingerprint density at radius 3 is 2.48 bits per heavy atom. The molecule has 2 aromatic rings. The summed E-state index contributed by atoms with van der Waals surface area (Å²) in [4.78, 5) is 11.2. The molecule has 0 radical (unpaired) electrons. The summed E-state index contributed by atoms with van der Waals surface area (Å²) in [6.45, 7) is 2.60. The molecule has 2 aromatic carbocycles. The smallest absolute Gasteiger partial charge is 0.257 e. The van der Waals surface area contributed by atoms with E-state index in [1.54, 1.807) is 26.3 Å². The molecule has 0 aliphatic heterocycles. The van der Waals surface area contributed by atoms with E-state index < -0.39 is 0 Å². The Hall–Kier alpha value is -2.44. The van der Waals surface area contributed by atoms with E-state index in [1.807, 2.05) is 30.3 Å². The molecule has 0 aromatic heterocycles. The van der Waals surface area contributed by atoms with Crippen molar-refractivity contribution in [1.82, 2.24) is 10.6 Å². The van der Waals surface area contributed by atoms with Crippen LogP contribution in [0, 0.1) is 5.82 Å². The largest absolute Gasteiger partial charge is 0.484 e. The summed E-state index contributed by atoms with van der Waals surface area (Å²) in [5.41, 5.74) is 1.69. The number of halogens is 1. The highest BCUT2D eigenvalue weighted by Crippen LogP contribution is 2.19. The predicted octanol–water partition coefficient (Wildman–Crippen LogP) is 2.86. The molecule has 0 bridgehead atoms. The Labute approximate surface area is 159 Å². The van der Waals surface area contributed by atoms with E-state index in [0.29, 0.717) is 17.9 Å². The fourth-order valence-corrected chi connectivity index (χ4v) is 2.73. The fourth-order valence-electron chi connectivity index (χ4n) is 2.73. The van der Waals surface area contributed by atoms with Crippen LogP contribution in [0.15, 0.2) is 48.5 Å². The van der Waals surface area contributed by atoms with Crippen LogP contribution in [-0.2, 0) is 16.0 Å². The molecular weight excluding hydrogens is 347 g/mol. The van der Waals surface area contributed by atoms with Crippen molar-refractivity contribution in [3.63, 3.8) is 0 Å². The molecule has 6 heteroatoms. The van der Waals surface area contributed by atoms with Crippen LogP contribution < -0.4 is 15.4 Å². The number of likely N-dealkylation sites (N-methyl/N-ethyl adjacent to an activating group) is 1. The molecule has 2 N–H and O–H groups in total. The number of carbonyl (C=O) groups excluding carboxylic acids is 1. The number of hydrogen-bond donors (Lipinski definition) is 2. The minimum absolute atomic E-state index is 0.00224.